The van der Waals surface area contributed by atoms with Gasteiger partial charge in [-0.3, -0.25) is 0 Å². The molecule has 0 aliphatic heterocycles. The van der Waals surface area contributed by atoms with E-state index in [0.717, 1.165) is 31.7 Å². The molecular weight excluding hydrogens is 267 g/mol. The summed E-state index contributed by atoms with van der Waals surface area (Å²) >= 11 is 0. The van der Waals surface area contributed by atoms with Crippen molar-refractivity contribution in [3.63, 3.8) is 0 Å². The largest absolute Gasteiger partial charge is 0.316 e. The lowest BCUT2D eigenvalue weighted by Crippen LogP contribution is -2.33. The van der Waals surface area contributed by atoms with E-state index in [1.807, 2.05) is 0 Å². The molecule has 1 aliphatic rings. The van der Waals surface area contributed by atoms with Gasteiger partial charge >= 0.3 is 0 Å². The zero-order chi connectivity index (χ0) is 13.9. The predicted molar refractivity (Wildman–Crippen MR) is 71.7 cm³/mol. The van der Waals surface area contributed by atoms with Gasteiger partial charge in [0.05, 0.1) is 4.90 Å². The van der Waals surface area contributed by atoms with Crippen molar-refractivity contribution in [2.75, 3.05) is 7.05 Å². The topological polar surface area (TPSA) is 58.2 Å². The first kappa shape index (κ1) is 14.4. The first-order valence-corrected chi connectivity index (χ1v) is 7.96. The Morgan fingerprint density at radius 1 is 1.32 bits per heavy atom. The monoisotopic (exact) mass is 286 g/mol. The fourth-order valence-corrected chi connectivity index (χ4v) is 4.00. The van der Waals surface area contributed by atoms with Crippen molar-refractivity contribution in [3.8, 4) is 0 Å². The van der Waals surface area contributed by atoms with Crippen LogP contribution in [0, 0.1) is 5.82 Å². The Hall–Kier alpha value is -0.980. The summed E-state index contributed by atoms with van der Waals surface area (Å²) in [6.07, 6.45) is 3.80. The van der Waals surface area contributed by atoms with Crippen LogP contribution in [0.25, 0.3) is 0 Å². The average molecular weight is 286 g/mol. The van der Waals surface area contributed by atoms with Gasteiger partial charge in [0, 0.05) is 12.6 Å². The summed E-state index contributed by atoms with van der Waals surface area (Å²) in [6.45, 7) is 0.390. The second-order valence-corrected chi connectivity index (χ2v) is 6.57. The minimum atomic E-state index is -3.65. The summed E-state index contributed by atoms with van der Waals surface area (Å²) in [5, 5.41) is 2.89. The maximum atomic E-state index is 13.3. The van der Waals surface area contributed by atoms with Crippen LogP contribution in [-0.4, -0.2) is 21.5 Å². The minimum Gasteiger partial charge on any atom is -0.316 e. The number of benzene rings is 1. The number of sulfonamides is 1. The second-order valence-electron chi connectivity index (χ2n) is 4.89. The molecule has 0 atom stereocenters. The smallest absolute Gasteiger partial charge is 0.241 e. The normalized spacial score (nSPS) is 16.9. The van der Waals surface area contributed by atoms with E-state index in [1.54, 1.807) is 7.05 Å². The molecule has 1 aromatic rings. The average Bonchev–Trinajstić information content (AvgIpc) is 2.83. The molecule has 6 heteroatoms. The van der Waals surface area contributed by atoms with Crippen molar-refractivity contribution in [3.05, 3.63) is 29.6 Å². The standard InChI is InChI=1S/C13H19FN2O2S/c1-15-9-10-6-7-11(14)8-13(10)19(17,18)16-12-4-2-3-5-12/h6-8,12,15-16H,2-5,9H2,1H3. The number of hydrogen-bond acceptors (Lipinski definition) is 3. The zero-order valence-corrected chi connectivity index (χ0v) is 11.8. The van der Waals surface area contributed by atoms with Crippen LogP contribution in [0.4, 0.5) is 4.39 Å². The lowest BCUT2D eigenvalue weighted by atomic mass is 10.2. The van der Waals surface area contributed by atoms with Crippen LogP contribution in [0.1, 0.15) is 31.2 Å². The molecule has 1 aromatic carbocycles. The van der Waals surface area contributed by atoms with Crippen LogP contribution in [0.15, 0.2) is 23.1 Å². The molecule has 1 aliphatic carbocycles. The molecule has 0 aromatic heterocycles. The lowest BCUT2D eigenvalue weighted by molar-refractivity contribution is 0.548. The SMILES string of the molecule is CNCc1ccc(F)cc1S(=O)(=O)NC1CCCC1. The van der Waals surface area contributed by atoms with Crippen LogP contribution in [0.5, 0.6) is 0 Å². The summed E-state index contributed by atoms with van der Waals surface area (Å²) in [7, 11) is -1.92. The Morgan fingerprint density at radius 2 is 2.00 bits per heavy atom. The Morgan fingerprint density at radius 3 is 2.63 bits per heavy atom. The first-order valence-electron chi connectivity index (χ1n) is 6.48. The highest BCUT2D eigenvalue weighted by molar-refractivity contribution is 7.89. The molecule has 0 unspecified atom stereocenters. The number of rotatable bonds is 5. The van der Waals surface area contributed by atoms with Crippen LogP contribution < -0.4 is 10.0 Å². The van der Waals surface area contributed by atoms with Crippen molar-refractivity contribution in [2.45, 2.75) is 43.2 Å². The Balaban J connectivity index is 2.29. The van der Waals surface area contributed by atoms with Crippen LogP contribution in [0.2, 0.25) is 0 Å². The van der Waals surface area contributed by atoms with Crippen molar-refractivity contribution < 1.29 is 12.8 Å². The van der Waals surface area contributed by atoms with E-state index < -0.39 is 15.8 Å². The Kier molecular flexibility index (Phi) is 4.54. The van der Waals surface area contributed by atoms with E-state index in [2.05, 4.69) is 10.0 Å². The summed E-state index contributed by atoms with van der Waals surface area (Å²) in [5.74, 6) is -0.536. The Labute approximate surface area is 113 Å². The molecule has 0 spiro atoms. The summed E-state index contributed by atoms with van der Waals surface area (Å²) in [4.78, 5) is 0.0359. The third kappa shape index (κ3) is 3.52. The maximum Gasteiger partial charge on any atom is 0.241 e. The highest BCUT2D eigenvalue weighted by atomic mass is 32.2. The van der Waals surface area contributed by atoms with Crippen LogP contribution in [-0.2, 0) is 16.6 Å². The van der Waals surface area contributed by atoms with Gasteiger partial charge in [0.1, 0.15) is 5.82 Å². The summed E-state index contributed by atoms with van der Waals surface area (Å²) in [5.41, 5.74) is 0.578. The van der Waals surface area contributed by atoms with Crippen molar-refractivity contribution in [1.82, 2.24) is 10.0 Å². The molecule has 2 N–H and O–H groups in total. The lowest BCUT2D eigenvalue weighted by Gasteiger charge is -2.15. The van der Waals surface area contributed by atoms with E-state index in [-0.39, 0.29) is 10.9 Å². The molecule has 106 valence electrons. The molecule has 0 saturated heterocycles. The van der Waals surface area contributed by atoms with Gasteiger partial charge in [0.15, 0.2) is 0 Å². The van der Waals surface area contributed by atoms with E-state index >= 15 is 0 Å². The number of hydrogen-bond donors (Lipinski definition) is 2. The van der Waals surface area contributed by atoms with E-state index in [9.17, 15) is 12.8 Å². The Bertz CT molecular complexity index is 540. The molecule has 0 bridgehead atoms. The van der Waals surface area contributed by atoms with Gasteiger partial charge in [-0.05, 0) is 37.6 Å². The highest BCUT2D eigenvalue weighted by Crippen LogP contribution is 2.22. The van der Waals surface area contributed by atoms with Crippen LogP contribution >= 0.6 is 0 Å². The molecule has 0 amide bonds. The van der Waals surface area contributed by atoms with Gasteiger partial charge in [-0.15, -0.1) is 0 Å². The van der Waals surface area contributed by atoms with E-state index in [4.69, 9.17) is 0 Å². The van der Waals surface area contributed by atoms with Gasteiger partial charge in [0.25, 0.3) is 0 Å². The number of halogens is 1. The quantitative estimate of drug-likeness (QED) is 0.867. The summed E-state index contributed by atoms with van der Waals surface area (Å²) < 4.78 is 40.7. The van der Waals surface area contributed by atoms with Crippen molar-refractivity contribution >= 4 is 10.0 Å². The van der Waals surface area contributed by atoms with Gasteiger partial charge in [-0.2, -0.15) is 0 Å². The summed E-state index contributed by atoms with van der Waals surface area (Å²) in [6, 6.07) is 3.86. The van der Waals surface area contributed by atoms with Gasteiger partial charge in [0.2, 0.25) is 10.0 Å². The van der Waals surface area contributed by atoms with Crippen molar-refractivity contribution in [2.24, 2.45) is 0 Å². The third-order valence-electron chi connectivity index (χ3n) is 3.36. The molecule has 1 fully saturated rings. The fraction of sp³-hybridized carbons (Fsp3) is 0.538. The van der Waals surface area contributed by atoms with E-state index in [0.29, 0.717) is 12.1 Å². The molecule has 0 radical (unpaired) electrons. The third-order valence-corrected chi connectivity index (χ3v) is 4.97. The van der Waals surface area contributed by atoms with Gasteiger partial charge in [-0.25, -0.2) is 17.5 Å². The maximum absolute atomic E-state index is 13.3. The van der Waals surface area contributed by atoms with E-state index in [1.165, 1.54) is 12.1 Å². The van der Waals surface area contributed by atoms with Crippen LogP contribution in [0.3, 0.4) is 0 Å². The van der Waals surface area contributed by atoms with Gasteiger partial charge in [-0.1, -0.05) is 18.9 Å². The number of nitrogens with one attached hydrogen (secondary N) is 2. The second kappa shape index (κ2) is 5.98. The molecule has 4 nitrogen and oxygen atoms in total. The highest BCUT2D eigenvalue weighted by Gasteiger charge is 2.25. The molecule has 2 rings (SSSR count). The predicted octanol–water partition coefficient (Wildman–Crippen LogP) is 1.77. The fourth-order valence-electron chi connectivity index (χ4n) is 2.44. The molecule has 0 heterocycles. The van der Waals surface area contributed by atoms with Crippen molar-refractivity contribution in [1.29, 1.82) is 0 Å². The molecule has 1 saturated carbocycles. The van der Waals surface area contributed by atoms with Gasteiger partial charge < -0.3 is 5.32 Å². The molecular formula is C13H19FN2O2S. The molecule has 19 heavy (non-hydrogen) atoms. The first-order chi connectivity index (χ1) is 9.03. The minimum absolute atomic E-state index is 0.0179. The zero-order valence-electron chi connectivity index (χ0n) is 10.9.